The van der Waals surface area contributed by atoms with Crippen molar-refractivity contribution in [3.63, 3.8) is 0 Å². The second kappa shape index (κ2) is 18.7. The van der Waals surface area contributed by atoms with Gasteiger partial charge < -0.3 is 2.85 Å². The molecule has 0 bridgehead atoms. The average Bonchev–Trinajstić information content (AvgIpc) is 1.97. The van der Waals surface area contributed by atoms with Gasteiger partial charge in [-0.15, -0.1) is 0 Å². The molecule has 0 radical (unpaired) electrons. The average molecular weight is 190 g/mol. The summed E-state index contributed by atoms with van der Waals surface area (Å²) in [6, 6.07) is 0. The molecule has 0 aliphatic carbocycles. The summed E-state index contributed by atoms with van der Waals surface area (Å²) in [5, 5.41) is 0. The standard InChI is InChI=1S/C10H22.2Na.2H/c1-3-5-7-9-10-8-6-4-2;;;;/h3-10H2,1-2H3;;;;/q;2*+1;2*-1. The number of hydrogen-bond donors (Lipinski definition) is 0. The van der Waals surface area contributed by atoms with Crippen molar-refractivity contribution in [2.75, 3.05) is 0 Å². The molecule has 0 aromatic rings. The molecule has 0 N–H and O–H groups in total. The smallest absolute Gasteiger partial charge is 1.00 e. The largest absolute Gasteiger partial charge is 1.00 e. The van der Waals surface area contributed by atoms with Crippen molar-refractivity contribution in [3.05, 3.63) is 0 Å². The van der Waals surface area contributed by atoms with E-state index >= 15 is 0 Å². The van der Waals surface area contributed by atoms with Crippen molar-refractivity contribution in [2.45, 2.75) is 65.2 Å². The molecule has 0 fully saturated rings. The maximum Gasteiger partial charge on any atom is 1.00 e. The van der Waals surface area contributed by atoms with E-state index < -0.39 is 0 Å². The summed E-state index contributed by atoms with van der Waals surface area (Å²) in [4.78, 5) is 0. The molecular formula is C10H24Na2. The first kappa shape index (κ1) is 19.6. The molecule has 0 saturated carbocycles. The first-order valence-electron chi connectivity index (χ1n) is 4.91. The van der Waals surface area contributed by atoms with E-state index in [0.717, 1.165) is 0 Å². The van der Waals surface area contributed by atoms with E-state index in [1.165, 1.54) is 51.4 Å². The van der Waals surface area contributed by atoms with Crippen molar-refractivity contribution >= 4 is 0 Å². The van der Waals surface area contributed by atoms with Gasteiger partial charge in [0.05, 0.1) is 0 Å². The van der Waals surface area contributed by atoms with Crippen LogP contribution in [0.1, 0.15) is 68.1 Å². The van der Waals surface area contributed by atoms with Crippen LogP contribution >= 0.6 is 0 Å². The molecule has 0 spiro atoms. The van der Waals surface area contributed by atoms with Crippen molar-refractivity contribution < 1.29 is 62.0 Å². The van der Waals surface area contributed by atoms with E-state index in [4.69, 9.17) is 0 Å². The van der Waals surface area contributed by atoms with Crippen molar-refractivity contribution in [3.8, 4) is 0 Å². The summed E-state index contributed by atoms with van der Waals surface area (Å²) in [6.07, 6.45) is 11.5. The zero-order valence-electron chi connectivity index (χ0n) is 11.7. The molecule has 0 rings (SSSR count). The van der Waals surface area contributed by atoms with Crippen molar-refractivity contribution in [1.82, 2.24) is 0 Å². The molecule has 0 unspecified atom stereocenters. The molecular weight excluding hydrogens is 166 g/mol. The Balaban J connectivity index is -0.0000000675. The second-order valence-corrected chi connectivity index (χ2v) is 3.12. The maximum atomic E-state index is 2.27. The van der Waals surface area contributed by atoms with Crippen LogP contribution in [0.3, 0.4) is 0 Å². The third kappa shape index (κ3) is 17.9. The van der Waals surface area contributed by atoms with E-state index in [2.05, 4.69) is 13.8 Å². The van der Waals surface area contributed by atoms with Gasteiger partial charge in [-0.05, 0) is 0 Å². The molecule has 0 aromatic heterocycles. The predicted octanol–water partition coefficient (Wildman–Crippen LogP) is -1.62. The Labute approximate surface area is 126 Å². The van der Waals surface area contributed by atoms with E-state index in [1.807, 2.05) is 0 Å². The Morgan fingerprint density at radius 1 is 0.583 bits per heavy atom. The summed E-state index contributed by atoms with van der Waals surface area (Å²) >= 11 is 0. The van der Waals surface area contributed by atoms with E-state index in [-0.39, 0.29) is 62.0 Å². The molecule has 2 heteroatoms. The first-order valence-corrected chi connectivity index (χ1v) is 4.91. The van der Waals surface area contributed by atoms with Gasteiger partial charge in [-0.3, -0.25) is 0 Å². The zero-order valence-corrected chi connectivity index (χ0v) is 13.7. The van der Waals surface area contributed by atoms with Crippen LogP contribution in [0.15, 0.2) is 0 Å². The normalized spacial score (nSPS) is 8.50. The maximum absolute atomic E-state index is 2.27. The van der Waals surface area contributed by atoms with Gasteiger partial charge in [-0.25, -0.2) is 0 Å². The van der Waals surface area contributed by atoms with Crippen molar-refractivity contribution in [1.29, 1.82) is 0 Å². The van der Waals surface area contributed by atoms with E-state index in [0.29, 0.717) is 0 Å². The quantitative estimate of drug-likeness (QED) is 0.334. The number of hydrogen-bond acceptors (Lipinski definition) is 0. The SMILES string of the molecule is CCCCCCCCCC.[H-].[H-].[Na+].[Na+]. The minimum absolute atomic E-state index is 0. The Morgan fingerprint density at radius 3 is 1.08 bits per heavy atom. The third-order valence-electron chi connectivity index (χ3n) is 1.96. The molecule has 12 heavy (non-hydrogen) atoms. The van der Waals surface area contributed by atoms with E-state index in [1.54, 1.807) is 0 Å². The minimum atomic E-state index is 0. The zero-order chi connectivity index (χ0) is 7.66. The van der Waals surface area contributed by atoms with Crippen LogP contribution < -0.4 is 59.1 Å². The third-order valence-corrected chi connectivity index (χ3v) is 1.96. The summed E-state index contributed by atoms with van der Waals surface area (Å²) in [5.74, 6) is 0. The molecule has 0 amide bonds. The van der Waals surface area contributed by atoms with Crippen LogP contribution in [0.2, 0.25) is 0 Å². The fourth-order valence-corrected chi connectivity index (χ4v) is 1.21. The summed E-state index contributed by atoms with van der Waals surface area (Å²) in [5.41, 5.74) is 0. The molecule has 66 valence electrons. The predicted molar refractivity (Wildman–Crippen MR) is 50.5 cm³/mol. The van der Waals surface area contributed by atoms with Crippen LogP contribution in [0.25, 0.3) is 0 Å². The van der Waals surface area contributed by atoms with Crippen LogP contribution in [0, 0.1) is 0 Å². The Kier molecular flexibility index (Phi) is 30.5. The monoisotopic (exact) mass is 190 g/mol. The van der Waals surface area contributed by atoms with Gasteiger partial charge >= 0.3 is 59.1 Å². The van der Waals surface area contributed by atoms with Gasteiger partial charge in [0.25, 0.3) is 0 Å². The van der Waals surface area contributed by atoms with Crippen LogP contribution in [-0.2, 0) is 0 Å². The molecule has 0 aliphatic rings. The molecule has 0 atom stereocenters. The van der Waals surface area contributed by atoms with Gasteiger partial charge in [-0.1, -0.05) is 65.2 Å². The fourth-order valence-electron chi connectivity index (χ4n) is 1.21. The van der Waals surface area contributed by atoms with Crippen LogP contribution in [0.4, 0.5) is 0 Å². The van der Waals surface area contributed by atoms with Gasteiger partial charge in [0.15, 0.2) is 0 Å². The molecule has 0 aromatic carbocycles. The second-order valence-electron chi connectivity index (χ2n) is 3.12. The summed E-state index contributed by atoms with van der Waals surface area (Å²) in [7, 11) is 0. The summed E-state index contributed by atoms with van der Waals surface area (Å²) < 4.78 is 0. The minimum Gasteiger partial charge on any atom is -1.00 e. The van der Waals surface area contributed by atoms with Gasteiger partial charge in [0.1, 0.15) is 0 Å². The fraction of sp³-hybridized carbons (Fsp3) is 1.00. The number of rotatable bonds is 7. The van der Waals surface area contributed by atoms with Gasteiger partial charge in [0, 0.05) is 0 Å². The number of unbranched alkanes of at least 4 members (excludes halogenated alkanes) is 7. The Bertz CT molecular complexity index is 56.1. The van der Waals surface area contributed by atoms with E-state index in [9.17, 15) is 0 Å². The molecule has 0 saturated heterocycles. The topological polar surface area (TPSA) is 0 Å². The molecule has 0 nitrogen and oxygen atoms in total. The Hall–Kier alpha value is 2.00. The van der Waals surface area contributed by atoms with Crippen molar-refractivity contribution in [2.24, 2.45) is 0 Å². The Morgan fingerprint density at radius 2 is 0.833 bits per heavy atom. The van der Waals surface area contributed by atoms with Gasteiger partial charge in [-0.2, -0.15) is 0 Å². The van der Waals surface area contributed by atoms with Crippen LogP contribution in [-0.4, -0.2) is 0 Å². The van der Waals surface area contributed by atoms with Gasteiger partial charge in [0.2, 0.25) is 0 Å². The molecule has 0 heterocycles. The first-order chi connectivity index (χ1) is 4.91. The molecule has 0 aliphatic heterocycles. The summed E-state index contributed by atoms with van der Waals surface area (Å²) in [6.45, 7) is 4.54. The van der Waals surface area contributed by atoms with Crippen LogP contribution in [0.5, 0.6) is 0 Å².